The fraction of sp³-hybridized carbons (Fsp3) is 0.118. The Hall–Kier alpha value is -2.35. The van der Waals surface area contributed by atoms with Gasteiger partial charge in [0, 0.05) is 6.42 Å². The Morgan fingerprint density at radius 2 is 1.63 bits per heavy atom. The SMILES string of the molecule is C=CC[C@H](OC(=O)c1ccccc1)c1ccccc1. The molecule has 0 unspecified atom stereocenters. The number of carbonyl (C=O) groups excluding carboxylic acids is 1. The van der Waals surface area contributed by atoms with E-state index in [9.17, 15) is 4.79 Å². The lowest BCUT2D eigenvalue weighted by Crippen LogP contribution is -2.11. The molecule has 2 rings (SSSR count). The van der Waals surface area contributed by atoms with Crippen molar-refractivity contribution in [2.24, 2.45) is 0 Å². The lowest BCUT2D eigenvalue weighted by atomic mass is 10.1. The summed E-state index contributed by atoms with van der Waals surface area (Å²) in [6, 6.07) is 18.7. The Morgan fingerprint density at radius 3 is 2.21 bits per heavy atom. The van der Waals surface area contributed by atoms with Crippen molar-refractivity contribution in [1.82, 2.24) is 0 Å². The molecule has 0 aliphatic carbocycles. The highest BCUT2D eigenvalue weighted by Gasteiger charge is 2.16. The molecule has 0 bridgehead atoms. The largest absolute Gasteiger partial charge is 0.454 e. The lowest BCUT2D eigenvalue weighted by Gasteiger charge is -2.16. The Balaban J connectivity index is 2.14. The van der Waals surface area contributed by atoms with E-state index in [2.05, 4.69) is 6.58 Å². The van der Waals surface area contributed by atoms with Crippen LogP contribution in [0.3, 0.4) is 0 Å². The van der Waals surface area contributed by atoms with Gasteiger partial charge in [0.25, 0.3) is 0 Å². The van der Waals surface area contributed by atoms with Gasteiger partial charge in [0.05, 0.1) is 5.56 Å². The fourth-order valence-corrected chi connectivity index (χ4v) is 1.84. The third-order valence-electron chi connectivity index (χ3n) is 2.81. The number of carbonyl (C=O) groups is 1. The van der Waals surface area contributed by atoms with Crippen LogP contribution in [0.25, 0.3) is 0 Å². The minimum absolute atomic E-state index is 0.286. The van der Waals surface area contributed by atoms with Crippen LogP contribution in [0.15, 0.2) is 73.3 Å². The Morgan fingerprint density at radius 1 is 1.05 bits per heavy atom. The summed E-state index contributed by atoms with van der Waals surface area (Å²) in [4.78, 5) is 12.0. The minimum Gasteiger partial charge on any atom is -0.454 e. The molecule has 0 aliphatic rings. The highest BCUT2D eigenvalue weighted by atomic mass is 16.5. The molecule has 2 heteroatoms. The van der Waals surface area contributed by atoms with Gasteiger partial charge in [0.15, 0.2) is 0 Å². The molecule has 2 aromatic carbocycles. The second kappa shape index (κ2) is 6.55. The van der Waals surface area contributed by atoms with Crippen LogP contribution >= 0.6 is 0 Å². The molecule has 0 spiro atoms. The van der Waals surface area contributed by atoms with Crippen molar-refractivity contribution < 1.29 is 9.53 Å². The molecule has 0 radical (unpaired) electrons. The standard InChI is InChI=1S/C17H16O2/c1-2-9-16(14-10-5-3-6-11-14)19-17(18)15-12-7-4-8-13-15/h2-8,10-13,16H,1,9H2/t16-/m0/s1. The first-order chi connectivity index (χ1) is 9.31. The number of hydrogen-bond donors (Lipinski definition) is 0. The summed E-state index contributed by atoms with van der Waals surface area (Å²) in [6.07, 6.45) is 2.07. The molecule has 19 heavy (non-hydrogen) atoms. The molecule has 1 atom stereocenters. The van der Waals surface area contributed by atoms with E-state index >= 15 is 0 Å². The maximum atomic E-state index is 12.0. The van der Waals surface area contributed by atoms with Gasteiger partial charge in [0.1, 0.15) is 6.10 Å². The Bertz CT molecular complexity index is 532. The summed E-state index contributed by atoms with van der Waals surface area (Å²) in [7, 11) is 0. The monoisotopic (exact) mass is 252 g/mol. The van der Waals surface area contributed by atoms with E-state index in [0.29, 0.717) is 12.0 Å². The van der Waals surface area contributed by atoms with Gasteiger partial charge in [-0.2, -0.15) is 0 Å². The van der Waals surface area contributed by atoms with Crippen LogP contribution in [-0.2, 0) is 4.74 Å². The van der Waals surface area contributed by atoms with Crippen molar-refractivity contribution in [2.45, 2.75) is 12.5 Å². The third-order valence-corrected chi connectivity index (χ3v) is 2.81. The Kier molecular flexibility index (Phi) is 4.51. The van der Waals surface area contributed by atoms with Gasteiger partial charge in [-0.3, -0.25) is 0 Å². The second-order valence-electron chi connectivity index (χ2n) is 4.20. The number of ether oxygens (including phenoxy) is 1. The summed E-state index contributed by atoms with van der Waals surface area (Å²) < 4.78 is 5.55. The highest BCUT2D eigenvalue weighted by molar-refractivity contribution is 5.89. The summed E-state index contributed by atoms with van der Waals surface area (Å²) in [5.74, 6) is -0.309. The molecule has 0 saturated carbocycles. The van der Waals surface area contributed by atoms with E-state index < -0.39 is 0 Å². The maximum absolute atomic E-state index is 12.0. The number of hydrogen-bond acceptors (Lipinski definition) is 2. The predicted octanol–water partition coefficient (Wildman–Crippen LogP) is 4.16. The van der Waals surface area contributed by atoms with Gasteiger partial charge in [-0.15, -0.1) is 6.58 Å². The van der Waals surface area contributed by atoms with E-state index in [4.69, 9.17) is 4.74 Å². The summed E-state index contributed by atoms with van der Waals surface area (Å²) in [5, 5.41) is 0. The van der Waals surface area contributed by atoms with Crippen LogP contribution in [0.2, 0.25) is 0 Å². The summed E-state index contributed by atoms with van der Waals surface area (Å²) >= 11 is 0. The van der Waals surface area contributed by atoms with Gasteiger partial charge < -0.3 is 4.74 Å². The topological polar surface area (TPSA) is 26.3 Å². The fourth-order valence-electron chi connectivity index (χ4n) is 1.84. The quantitative estimate of drug-likeness (QED) is 0.590. The molecule has 0 fully saturated rings. The van der Waals surface area contributed by atoms with E-state index in [-0.39, 0.29) is 12.1 Å². The second-order valence-corrected chi connectivity index (χ2v) is 4.20. The Labute approximate surface area is 113 Å². The van der Waals surface area contributed by atoms with Crippen molar-refractivity contribution in [3.8, 4) is 0 Å². The molecule has 0 heterocycles. The van der Waals surface area contributed by atoms with Crippen LogP contribution in [0.5, 0.6) is 0 Å². The van der Waals surface area contributed by atoms with Crippen LogP contribution in [0.1, 0.15) is 28.4 Å². The van der Waals surface area contributed by atoms with Crippen molar-refractivity contribution >= 4 is 5.97 Å². The van der Waals surface area contributed by atoms with Crippen LogP contribution in [0.4, 0.5) is 0 Å². The minimum atomic E-state index is -0.309. The molecule has 96 valence electrons. The highest BCUT2D eigenvalue weighted by Crippen LogP contribution is 2.22. The summed E-state index contributed by atoms with van der Waals surface area (Å²) in [6.45, 7) is 3.71. The first-order valence-corrected chi connectivity index (χ1v) is 6.23. The zero-order valence-corrected chi connectivity index (χ0v) is 10.7. The van der Waals surface area contributed by atoms with E-state index in [0.717, 1.165) is 5.56 Å². The van der Waals surface area contributed by atoms with Crippen LogP contribution in [-0.4, -0.2) is 5.97 Å². The number of benzene rings is 2. The molecular formula is C17H16O2. The van der Waals surface area contributed by atoms with Crippen LogP contribution in [0, 0.1) is 0 Å². The summed E-state index contributed by atoms with van der Waals surface area (Å²) in [5.41, 5.74) is 1.54. The average molecular weight is 252 g/mol. The third kappa shape index (κ3) is 3.55. The van der Waals surface area contributed by atoms with Gasteiger partial charge in [-0.1, -0.05) is 54.6 Å². The predicted molar refractivity (Wildman–Crippen MR) is 75.9 cm³/mol. The molecule has 0 aromatic heterocycles. The normalized spacial score (nSPS) is 11.6. The van der Waals surface area contributed by atoms with Gasteiger partial charge in [-0.25, -0.2) is 4.79 Å². The van der Waals surface area contributed by atoms with Crippen molar-refractivity contribution in [1.29, 1.82) is 0 Å². The number of esters is 1. The molecule has 0 amide bonds. The van der Waals surface area contributed by atoms with Gasteiger partial charge in [-0.05, 0) is 17.7 Å². The molecule has 2 nitrogen and oxygen atoms in total. The zero-order chi connectivity index (χ0) is 13.5. The zero-order valence-electron chi connectivity index (χ0n) is 10.7. The molecule has 0 aliphatic heterocycles. The smallest absolute Gasteiger partial charge is 0.338 e. The number of rotatable bonds is 5. The molecular weight excluding hydrogens is 236 g/mol. The average Bonchev–Trinajstić information content (AvgIpc) is 2.48. The van der Waals surface area contributed by atoms with E-state index in [1.807, 2.05) is 48.5 Å². The first kappa shape index (κ1) is 13.1. The van der Waals surface area contributed by atoms with Gasteiger partial charge >= 0.3 is 5.97 Å². The van der Waals surface area contributed by atoms with Crippen LogP contribution < -0.4 is 0 Å². The maximum Gasteiger partial charge on any atom is 0.338 e. The molecule has 0 saturated heterocycles. The van der Waals surface area contributed by atoms with Crippen molar-refractivity contribution in [3.63, 3.8) is 0 Å². The van der Waals surface area contributed by atoms with E-state index in [1.165, 1.54) is 0 Å². The first-order valence-electron chi connectivity index (χ1n) is 6.23. The molecule has 2 aromatic rings. The lowest BCUT2D eigenvalue weighted by molar-refractivity contribution is 0.0303. The molecule has 0 N–H and O–H groups in total. The van der Waals surface area contributed by atoms with Gasteiger partial charge in [0.2, 0.25) is 0 Å². The van der Waals surface area contributed by atoms with Crippen molar-refractivity contribution in [3.05, 3.63) is 84.4 Å². The van der Waals surface area contributed by atoms with Crippen molar-refractivity contribution in [2.75, 3.05) is 0 Å². The van der Waals surface area contributed by atoms with E-state index in [1.54, 1.807) is 18.2 Å².